The highest BCUT2D eigenvalue weighted by Gasteiger charge is 2.19. The Morgan fingerprint density at radius 2 is 1.61 bits per heavy atom. The largest absolute Gasteiger partial charge is 0.260 e. The summed E-state index contributed by atoms with van der Waals surface area (Å²) in [7, 11) is 2.15. The van der Waals surface area contributed by atoms with Gasteiger partial charge < -0.3 is 0 Å². The SMILES string of the molecule is Cc1cc(C)c(C)c(-c2cc3ccc(-c4ccc(C5CCCC5)nc4)cc3c[n+]2C)c1. The van der Waals surface area contributed by atoms with Crippen LogP contribution in [0.1, 0.15) is 54.0 Å². The van der Waals surface area contributed by atoms with Crippen LogP contribution < -0.4 is 4.57 Å². The van der Waals surface area contributed by atoms with Crippen molar-refractivity contribution in [2.45, 2.75) is 52.4 Å². The molecule has 0 saturated heterocycles. The van der Waals surface area contributed by atoms with Crippen molar-refractivity contribution in [3.8, 4) is 22.4 Å². The van der Waals surface area contributed by atoms with Gasteiger partial charge in [0.25, 0.3) is 0 Å². The topological polar surface area (TPSA) is 16.8 Å². The first-order chi connectivity index (χ1) is 15.0. The minimum absolute atomic E-state index is 0.664. The van der Waals surface area contributed by atoms with E-state index in [9.17, 15) is 0 Å². The van der Waals surface area contributed by atoms with Crippen LogP contribution in [-0.4, -0.2) is 4.98 Å². The van der Waals surface area contributed by atoms with E-state index in [1.54, 1.807) is 0 Å². The van der Waals surface area contributed by atoms with Crippen molar-refractivity contribution >= 4 is 10.8 Å². The molecule has 31 heavy (non-hydrogen) atoms. The molecule has 0 N–H and O–H groups in total. The lowest BCUT2D eigenvalue weighted by Crippen LogP contribution is -2.30. The molecule has 2 aromatic carbocycles. The van der Waals surface area contributed by atoms with Crippen molar-refractivity contribution in [2.24, 2.45) is 7.05 Å². The summed E-state index contributed by atoms with van der Waals surface area (Å²) in [5, 5.41) is 2.52. The quantitative estimate of drug-likeness (QED) is 0.335. The van der Waals surface area contributed by atoms with Crippen LogP contribution in [0.2, 0.25) is 0 Å². The summed E-state index contributed by atoms with van der Waals surface area (Å²) in [6, 6.07) is 18.1. The number of benzene rings is 2. The predicted molar refractivity (Wildman–Crippen MR) is 129 cm³/mol. The highest BCUT2D eigenvalue weighted by molar-refractivity contribution is 5.88. The molecule has 0 aliphatic heterocycles. The second-order valence-electron chi connectivity index (χ2n) is 9.32. The lowest BCUT2D eigenvalue weighted by atomic mass is 9.95. The minimum Gasteiger partial charge on any atom is -0.260 e. The maximum atomic E-state index is 4.81. The van der Waals surface area contributed by atoms with Crippen LogP contribution in [0.25, 0.3) is 33.2 Å². The number of aryl methyl sites for hydroxylation is 3. The number of aromatic nitrogens is 2. The van der Waals surface area contributed by atoms with Gasteiger partial charge in [0, 0.05) is 40.4 Å². The smallest absolute Gasteiger partial charge is 0.213 e. The second kappa shape index (κ2) is 7.92. The predicted octanol–water partition coefficient (Wildman–Crippen LogP) is 6.98. The molecule has 0 bridgehead atoms. The zero-order valence-corrected chi connectivity index (χ0v) is 19.1. The van der Waals surface area contributed by atoms with Crippen LogP contribution >= 0.6 is 0 Å². The molecule has 1 saturated carbocycles. The van der Waals surface area contributed by atoms with E-state index in [-0.39, 0.29) is 0 Å². The van der Waals surface area contributed by atoms with Gasteiger partial charge in [-0.3, -0.25) is 4.98 Å². The molecule has 2 heteroatoms. The molecule has 2 aromatic heterocycles. The Labute approximate surface area is 185 Å². The third-order valence-corrected chi connectivity index (χ3v) is 7.07. The van der Waals surface area contributed by atoms with Gasteiger partial charge in [0.1, 0.15) is 7.05 Å². The van der Waals surface area contributed by atoms with E-state index in [2.05, 4.69) is 93.3 Å². The number of hydrogen-bond donors (Lipinski definition) is 0. The Balaban J connectivity index is 1.52. The molecule has 0 amide bonds. The van der Waals surface area contributed by atoms with Gasteiger partial charge in [0.15, 0.2) is 6.20 Å². The van der Waals surface area contributed by atoms with Gasteiger partial charge in [-0.2, -0.15) is 0 Å². The fourth-order valence-electron chi connectivity index (χ4n) is 5.14. The van der Waals surface area contributed by atoms with Gasteiger partial charge in [-0.25, -0.2) is 4.57 Å². The van der Waals surface area contributed by atoms with E-state index in [1.165, 1.54) is 81.2 Å². The molecule has 2 heterocycles. The van der Waals surface area contributed by atoms with Crippen LogP contribution in [0.3, 0.4) is 0 Å². The summed E-state index contributed by atoms with van der Waals surface area (Å²) in [6.45, 7) is 6.60. The highest BCUT2D eigenvalue weighted by atomic mass is 14.9. The molecule has 1 aliphatic rings. The van der Waals surface area contributed by atoms with Crippen LogP contribution in [0.4, 0.5) is 0 Å². The van der Waals surface area contributed by atoms with Crippen molar-refractivity contribution in [2.75, 3.05) is 0 Å². The maximum absolute atomic E-state index is 4.81. The van der Waals surface area contributed by atoms with Gasteiger partial charge in [-0.15, -0.1) is 0 Å². The van der Waals surface area contributed by atoms with E-state index in [0.717, 1.165) is 0 Å². The van der Waals surface area contributed by atoms with Gasteiger partial charge in [0.2, 0.25) is 5.69 Å². The lowest BCUT2D eigenvalue weighted by Gasteiger charge is -2.11. The molecule has 0 unspecified atom stereocenters. The molecule has 156 valence electrons. The van der Waals surface area contributed by atoms with Gasteiger partial charge >= 0.3 is 0 Å². The molecule has 0 spiro atoms. The molecule has 1 aliphatic carbocycles. The molecule has 5 rings (SSSR count). The Morgan fingerprint density at radius 3 is 2.35 bits per heavy atom. The Morgan fingerprint density at radius 1 is 0.839 bits per heavy atom. The van der Waals surface area contributed by atoms with E-state index in [0.29, 0.717) is 5.92 Å². The van der Waals surface area contributed by atoms with Crippen LogP contribution in [0, 0.1) is 20.8 Å². The zero-order chi connectivity index (χ0) is 21.5. The van der Waals surface area contributed by atoms with Crippen molar-refractivity contribution in [1.82, 2.24) is 4.98 Å². The first kappa shape index (κ1) is 19.9. The second-order valence-corrected chi connectivity index (χ2v) is 9.32. The van der Waals surface area contributed by atoms with Crippen molar-refractivity contribution in [1.29, 1.82) is 0 Å². The van der Waals surface area contributed by atoms with Gasteiger partial charge in [-0.1, -0.05) is 42.7 Å². The van der Waals surface area contributed by atoms with Crippen molar-refractivity contribution in [3.63, 3.8) is 0 Å². The summed E-state index contributed by atoms with van der Waals surface area (Å²) < 4.78 is 2.26. The van der Waals surface area contributed by atoms with Gasteiger partial charge in [-0.05, 0) is 73.9 Å². The number of fused-ring (bicyclic) bond motifs is 1. The molecule has 2 nitrogen and oxygen atoms in total. The molecular formula is C29H31N2+. The lowest BCUT2D eigenvalue weighted by molar-refractivity contribution is -0.659. The zero-order valence-electron chi connectivity index (χ0n) is 19.1. The minimum atomic E-state index is 0.664. The van der Waals surface area contributed by atoms with E-state index >= 15 is 0 Å². The van der Waals surface area contributed by atoms with Crippen LogP contribution in [-0.2, 0) is 7.05 Å². The molecule has 0 radical (unpaired) electrons. The van der Waals surface area contributed by atoms with E-state index < -0.39 is 0 Å². The molecule has 1 fully saturated rings. The van der Waals surface area contributed by atoms with E-state index in [4.69, 9.17) is 4.98 Å². The van der Waals surface area contributed by atoms with E-state index in [1.807, 2.05) is 0 Å². The first-order valence-electron chi connectivity index (χ1n) is 11.5. The fourth-order valence-corrected chi connectivity index (χ4v) is 5.14. The summed E-state index contributed by atoms with van der Waals surface area (Å²) >= 11 is 0. The maximum Gasteiger partial charge on any atom is 0.213 e. The monoisotopic (exact) mass is 407 g/mol. The number of hydrogen-bond acceptors (Lipinski definition) is 1. The molecule has 0 atom stereocenters. The summed E-state index contributed by atoms with van der Waals surface area (Å²) in [4.78, 5) is 4.81. The average molecular weight is 408 g/mol. The Kier molecular flexibility index (Phi) is 5.09. The highest BCUT2D eigenvalue weighted by Crippen LogP contribution is 2.34. The Bertz CT molecular complexity index is 1260. The Hall–Kier alpha value is -3.00. The van der Waals surface area contributed by atoms with Crippen LogP contribution in [0.5, 0.6) is 0 Å². The van der Waals surface area contributed by atoms with Gasteiger partial charge in [0.05, 0.1) is 0 Å². The third-order valence-electron chi connectivity index (χ3n) is 7.07. The number of nitrogens with zero attached hydrogens (tertiary/aromatic N) is 2. The molecular weight excluding hydrogens is 376 g/mol. The number of pyridine rings is 2. The number of rotatable bonds is 3. The fraction of sp³-hybridized carbons (Fsp3) is 0.310. The summed E-state index contributed by atoms with van der Waals surface area (Å²) in [5.41, 5.74) is 10.3. The summed E-state index contributed by atoms with van der Waals surface area (Å²) in [6.07, 6.45) is 9.59. The van der Waals surface area contributed by atoms with Crippen molar-refractivity contribution < 1.29 is 4.57 Å². The van der Waals surface area contributed by atoms with Crippen molar-refractivity contribution in [3.05, 3.63) is 83.3 Å². The van der Waals surface area contributed by atoms with Crippen LogP contribution in [0.15, 0.2) is 60.9 Å². The normalized spacial score (nSPS) is 14.5. The first-order valence-corrected chi connectivity index (χ1v) is 11.5. The third kappa shape index (κ3) is 3.76. The molecule has 4 aromatic rings. The average Bonchev–Trinajstić information content (AvgIpc) is 3.31. The summed E-state index contributed by atoms with van der Waals surface area (Å²) in [5.74, 6) is 0.664. The standard InChI is InChI=1S/C29H31N2/c1-19-13-20(2)21(3)27(14-19)29-16-24-10-9-23(15-26(24)18-31(29)4)25-11-12-28(30-17-25)22-7-5-6-8-22/h9-18,22H,5-8H2,1-4H3/q+1.